The molecule has 2 aromatic rings. The fourth-order valence-corrected chi connectivity index (χ4v) is 6.47. The molecule has 0 radical (unpaired) electrons. The lowest BCUT2D eigenvalue weighted by molar-refractivity contribution is 0.0714. The van der Waals surface area contributed by atoms with E-state index in [0.29, 0.717) is 18.3 Å². The molecule has 0 saturated carbocycles. The zero-order valence-corrected chi connectivity index (χ0v) is 22.1. The van der Waals surface area contributed by atoms with Crippen LogP contribution in [0.5, 0.6) is 0 Å². The molecule has 1 fully saturated rings. The largest absolute Gasteiger partial charge is 0.364 e. The second-order valence-electron chi connectivity index (χ2n) is 10.8. The highest BCUT2D eigenvalue weighted by atomic mass is 16.1. The Kier molecular flexibility index (Phi) is 7.55. The van der Waals surface area contributed by atoms with Gasteiger partial charge in [0.2, 0.25) is 0 Å². The van der Waals surface area contributed by atoms with Gasteiger partial charge in [0, 0.05) is 38.3 Å². The van der Waals surface area contributed by atoms with Crippen molar-refractivity contribution in [1.82, 2.24) is 29.2 Å². The Labute approximate surface area is 215 Å². The minimum absolute atomic E-state index is 0.0913. The molecule has 8 nitrogen and oxygen atoms in total. The number of rotatable bonds is 8. The topological polar surface area (TPSA) is 83.5 Å². The van der Waals surface area contributed by atoms with Gasteiger partial charge >= 0.3 is 0 Å². The van der Waals surface area contributed by atoms with E-state index >= 15 is 0 Å². The molecule has 36 heavy (non-hydrogen) atoms. The molecule has 2 aromatic heterocycles. The van der Waals surface area contributed by atoms with Crippen LogP contribution in [0.15, 0.2) is 24.4 Å². The Morgan fingerprint density at radius 3 is 2.75 bits per heavy atom. The number of carbonyl (C=O) groups excluding carboxylic acids is 1. The summed E-state index contributed by atoms with van der Waals surface area (Å²) in [5.74, 6) is 0.467. The van der Waals surface area contributed by atoms with Crippen molar-refractivity contribution in [3.63, 3.8) is 0 Å². The van der Waals surface area contributed by atoms with Gasteiger partial charge in [0.05, 0.1) is 23.6 Å². The summed E-state index contributed by atoms with van der Waals surface area (Å²) < 4.78 is 2.13. The summed E-state index contributed by atoms with van der Waals surface area (Å²) in [6.07, 6.45) is 13.7. The number of likely N-dealkylation sites (tertiary alicyclic amines) is 1. The number of primary amides is 1. The fourth-order valence-electron chi connectivity index (χ4n) is 6.47. The maximum Gasteiger partial charge on any atom is 0.267 e. The summed E-state index contributed by atoms with van der Waals surface area (Å²) in [5, 5.41) is 0. The number of piperidine rings is 1. The Balaban J connectivity index is 1.45. The first kappa shape index (κ1) is 25.1. The van der Waals surface area contributed by atoms with Gasteiger partial charge in [0.15, 0.2) is 0 Å². The van der Waals surface area contributed by atoms with Crippen molar-refractivity contribution in [3.05, 3.63) is 52.9 Å². The van der Waals surface area contributed by atoms with Crippen LogP contribution >= 0.6 is 0 Å². The van der Waals surface area contributed by atoms with Crippen LogP contribution < -0.4 is 5.73 Å². The number of fused-ring (bicyclic) bond motifs is 2. The van der Waals surface area contributed by atoms with Crippen molar-refractivity contribution < 1.29 is 4.79 Å². The van der Waals surface area contributed by atoms with Crippen molar-refractivity contribution in [2.24, 2.45) is 5.73 Å². The molecule has 8 heteroatoms. The first-order valence-corrected chi connectivity index (χ1v) is 13.6. The summed E-state index contributed by atoms with van der Waals surface area (Å²) >= 11 is 0. The van der Waals surface area contributed by atoms with Gasteiger partial charge in [0.25, 0.3) is 5.91 Å². The van der Waals surface area contributed by atoms with E-state index in [-0.39, 0.29) is 18.1 Å². The Morgan fingerprint density at radius 1 is 1.22 bits per heavy atom. The minimum atomic E-state index is -0.383. The predicted octanol–water partition coefficient (Wildman–Crippen LogP) is 3.61. The first-order valence-electron chi connectivity index (χ1n) is 13.6. The summed E-state index contributed by atoms with van der Waals surface area (Å²) in [5.41, 5.74) is 9.97. The number of amides is 1. The minimum Gasteiger partial charge on any atom is -0.364 e. The van der Waals surface area contributed by atoms with Gasteiger partial charge in [-0.1, -0.05) is 19.1 Å². The number of hydrogen-bond acceptors (Lipinski definition) is 6. The number of carbonyl (C=O) groups is 1. The molecule has 2 N–H and O–H groups in total. The molecule has 0 aromatic carbocycles. The van der Waals surface area contributed by atoms with Gasteiger partial charge in [-0.2, -0.15) is 0 Å². The van der Waals surface area contributed by atoms with E-state index in [9.17, 15) is 4.79 Å². The van der Waals surface area contributed by atoms with Crippen LogP contribution in [0.3, 0.4) is 0 Å². The average molecular weight is 492 g/mol. The molecule has 4 heterocycles. The summed E-state index contributed by atoms with van der Waals surface area (Å²) in [6, 6.07) is 5.10. The second kappa shape index (κ2) is 10.8. The van der Waals surface area contributed by atoms with Gasteiger partial charge in [-0.3, -0.25) is 19.6 Å². The van der Waals surface area contributed by atoms with Crippen LogP contribution in [0, 0.1) is 0 Å². The smallest absolute Gasteiger partial charge is 0.267 e. The number of nitrogens with two attached hydrogens (primary N) is 1. The van der Waals surface area contributed by atoms with Crippen molar-refractivity contribution in [3.8, 4) is 0 Å². The zero-order chi connectivity index (χ0) is 25.2. The third-order valence-corrected chi connectivity index (χ3v) is 8.28. The summed E-state index contributed by atoms with van der Waals surface area (Å²) in [6.45, 7) is 5.77. The number of nitrogens with zero attached hydrogens (tertiary/aromatic N) is 6. The van der Waals surface area contributed by atoms with Crippen molar-refractivity contribution in [2.45, 2.75) is 76.7 Å². The Hall–Kier alpha value is -2.55. The maximum absolute atomic E-state index is 12.9. The van der Waals surface area contributed by atoms with E-state index in [1.54, 1.807) is 0 Å². The highest BCUT2D eigenvalue weighted by Crippen LogP contribution is 2.36. The van der Waals surface area contributed by atoms with Gasteiger partial charge in [-0.15, -0.1) is 0 Å². The molecule has 0 bridgehead atoms. The van der Waals surface area contributed by atoms with Gasteiger partial charge in [-0.25, -0.2) is 4.98 Å². The molecule has 1 unspecified atom stereocenters. The Morgan fingerprint density at radius 2 is 2.03 bits per heavy atom. The van der Waals surface area contributed by atoms with Gasteiger partial charge < -0.3 is 15.2 Å². The molecular weight excluding hydrogens is 450 g/mol. The molecule has 194 valence electrons. The van der Waals surface area contributed by atoms with Gasteiger partial charge in [-0.05, 0) is 76.9 Å². The van der Waals surface area contributed by atoms with Crippen molar-refractivity contribution in [1.29, 1.82) is 0 Å². The normalized spacial score (nSPS) is 22.7. The van der Waals surface area contributed by atoms with Crippen LogP contribution in [-0.2, 0) is 13.0 Å². The lowest BCUT2D eigenvalue weighted by Gasteiger charge is -2.41. The molecule has 5 rings (SSSR count). The monoisotopic (exact) mass is 491 g/mol. The number of imidazole rings is 1. The third-order valence-electron chi connectivity index (χ3n) is 8.28. The molecule has 3 aliphatic rings. The van der Waals surface area contributed by atoms with E-state index in [1.807, 2.05) is 12.3 Å². The molecule has 1 aliphatic carbocycles. The number of pyridine rings is 1. The van der Waals surface area contributed by atoms with Gasteiger partial charge in [0.1, 0.15) is 11.5 Å². The maximum atomic E-state index is 12.9. The zero-order valence-electron chi connectivity index (χ0n) is 22.1. The van der Waals surface area contributed by atoms with E-state index < -0.39 is 0 Å². The van der Waals surface area contributed by atoms with Crippen LogP contribution in [-0.4, -0.2) is 74.9 Å². The highest BCUT2D eigenvalue weighted by molar-refractivity contribution is 5.93. The second-order valence-corrected chi connectivity index (χ2v) is 10.8. The standard InChI is InChI=1S/C28H41N7O/c1-4-16-34(23-10-5-8-20-9-7-15-30-26(20)23)19-22-27(28(29)36)35-24(31-22)11-6-12-25(35)33-17-13-21(14-18-33)32(2)3/h6-7,9,11,15,21,23,25H,4-5,8,10,12-14,16-19H2,1-3H3,(H2,29,36)/t23-,25?/m0/s1. The van der Waals surface area contributed by atoms with E-state index in [1.165, 1.54) is 11.3 Å². The van der Waals surface area contributed by atoms with E-state index in [2.05, 4.69) is 58.5 Å². The first-order chi connectivity index (χ1) is 17.5. The molecular formula is C28H41N7O. The average Bonchev–Trinajstić information content (AvgIpc) is 3.26. The van der Waals surface area contributed by atoms with Crippen LogP contribution in [0.25, 0.3) is 6.08 Å². The van der Waals surface area contributed by atoms with E-state index in [0.717, 1.165) is 76.1 Å². The summed E-state index contributed by atoms with van der Waals surface area (Å²) in [4.78, 5) is 30.0. The summed E-state index contributed by atoms with van der Waals surface area (Å²) in [7, 11) is 4.33. The lowest BCUT2D eigenvalue weighted by atomic mass is 9.90. The highest BCUT2D eigenvalue weighted by Gasteiger charge is 2.35. The molecule has 1 saturated heterocycles. The lowest BCUT2D eigenvalue weighted by Crippen LogP contribution is -2.45. The SMILES string of the molecule is CCCN(Cc1nc2n(c1C(N)=O)C(N1CCC(N(C)C)CC1)CC=C2)[C@H]1CCCc2cccnc21. The van der Waals surface area contributed by atoms with Crippen LogP contribution in [0.1, 0.15) is 90.9 Å². The molecule has 1 amide bonds. The number of aryl methyl sites for hydroxylation is 1. The number of hydrogen-bond donors (Lipinski definition) is 1. The van der Waals surface area contributed by atoms with E-state index in [4.69, 9.17) is 15.7 Å². The fraction of sp³-hybridized carbons (Fsp3) is 0.607. The molecule has 0 spiro atoms. The third kappa shape index (κ3) is 4.86. The quantitative estimate of drug-likeness (QED) is 0.607. The van der Waals surface area contributed by atoms with Crippen LogP contribution in [0.4, 0.5) is 0 Å². The molecule has 2 atom stereocenters. The van der Waals surface area contributed by atoms with Crippen molar-refractivity contribution in [2.75, 3.05) is 33.7 Å². The van der Waals surface area contributed by atoms with Crippen LogP contribution in [0.2, 0.25) is 0 Å². The predicted molar refractivity (Wildman–Crippen MR) is 142 cm³/mol. The van der Waals surface area contributed by atoms with Crippen molar-refractivity contribution >= 4 is 12.0 Å². The Bertz CT molecular complexity index is 1100. The molecule has 2 aliphatic heterocycles. The number of aromatic nitrogens is 3.